The number of rotatable bonds is 2. The molecule has 1 amide bonds. The smallest absolute Gasteiger partial charge is 0.224 e. The van der Waals surface area contributed by atoms with Gasteiger partial charge >= 0.3 is 0 Å². The molecule has 2 heterocycles. The number of aryl methyl sites for hydroxylation is 1. The van der Waals surface area contributed by atoms with E-state index in [4.69, 9.17) is 9.26 Å². The summed E-state index contributed by atoms with van der Waals surface area (Å²) in [5.74, 6) is 0.661. The number of anilines is 1. The monoisotopic (exact) mass is 210 g/mol. The summed E-state index contributed by atoms with van der Waals surface area (Å²) in [6.07, 6.45) is 2.44. The van der Waals surface area contributed by atoms with Crippen molar-refractivity contribution in [2.24, 2.45) is 0 Å². The normalized spacial score (nSPS) is 20.5. The van der Waals surface area contributed by atoms with Gasteiger partial charge in [0.2, 0.25) is 5.91 Å². The molecule has 5 nitrogen and oxygen atoms in total. The predicted molar refractivity (Wildman–Crippen MR) is 53.6 cm³/mol. The van der Waals surface area contributed by atoms with Crippen LogP contribution in [0.2, 0.25) is 0 Å². The van der Waals surface area contributed by atoms with E-state index in [9.17, 15) is 4.79 Å². The second kappa shape index (κ2) is 4.02. The maximum absolute atomic E-state index is 11.6. The van der Waals surface area contributed by atoms with Gasteiger partial charge < -0.3 is 14.2 Å². The van der Waals surface area contributed by atoms with E-state index in [1.807, 2.05) is 0 Å². The summed E-state index contributed by atoms with van der Waals surface area (Å²) >= 11 is 0. The minimum Gasteiger partial charge on any atom is -0.379 e. The molecule has 1 aliphatic heterocycles. The van der Waals surface area contributed by atoms with Crippen LogP contribution >= 0.6 is 0 Å². The van der Waals surface area contributed by atoms with Crippen molar-refractivity contribution < 1.29 is 14.1 Å². The van der Waals surface area contributed by atoms with E-state index in [-0.39, 0.29) is 11.9 Å². The van der Waals surface area contributed by atoms with Gasteiger partial charge in [0.05, 0.1) is 18.8 Å². The molecule has 0 spiro atoms. The average molecular weight is 210 g/mol. The van der Waals surface area contributed by atoms with Crippen molar-refractivity contribution in [3.63, 3.8) is 0 Å². The Morgan fingerprint density at radius 3 is 2.93 bits per heavy atom. The molecule has 0 saturated carbocycles. The number of ether oxygens (including phenoxy) is 1. The van der Waals surface area contributed by atoms with Crippen molar-refractivity contribution in [3.05, 3.63) is 12.0 Å². The van der Waals surface area contributed by atoms with Gasteiger partial charge in [0.25, 0.3) is 0 Å². The molecule has 2 rings (SSSR count). The summed E-state index contributed by atoms with van der Waals surface area (Å²) in [7, 11) is 0. The Morgan fingerprint density at radius 2 is 2.47 bits per heavy atom. The number of hydrogen-bond donors (Lipinski definition) is 0. The number of carbonyl (C=O) groups is 1. The highest BCUT2D eigenvalue weighted by Gasteiger charge is 2.28. The molecule has 0 aromatic carbocycles. The van der Waals surface area contributed by atoms with Gasteiger partial charge in [-0.25, -0.2) is 0 Å². The van der Waals surface area contributed by atoms with Crippen molar-refractivity contribution in [2.75, 3.05) is 18.1 Å². The molecule has 0 bridgehead atoms. The first-order chi connectivity index (χ1) is 7.20. The van der Waals surface area contributed by atoms with Crippen molar-refractivity contribution in [1.29, 1.82) is 0 Å². The van der Waals surface area contributed by atoms with E-state index < -0.39 is 0 Å². The predicted octanol–water partition coefficient (Wildman–Crippen LogP) is 1.12. The molecular weight excluding hydrogens is 196 g/mol. The van der Waals surface area contributed by atoms with Gasteiger partial charge in [-0.2, -0.15) is 0 Å². The lowest BCUT2D eigenvalue weighted by atomic mass is 10.2. The zero-order valence-corrected chi connectivity index (χ0v) is 8.90. The molecule has 5 heteroatoms. The number of carbonyl (C=O) groups excluding carboxylic acids is 1. The molecule has 1 fully saturated rings. The van der Waals surface area contributed by atoms with Crippen LogP contribution in [0, 0.1) is 6.92 Å². The van der Waals surface area contributed by atoms with Gasteiger partial charge in [-0.1, -0.05) is 5.16 Å². The summed E-state index contributed by atoms with van der Waals surface area (Å²) in [4.78, 5) is 13.3. The number of aromatic nitrogens is 1. The van der Waals surface area contributed by atoms with E-state index in [0.717, 1.165) is 12.1 Å². The lowest BCUT2D eigenvalue weighted by Crippen LogP contribution is -2.39. The average Bonchev–Trinajstić information content (AvgIpc) is 2.79. The highest BCUT2D eigenvalue weighted by molar-refractivity contribution is 5.92. The minimum atomic E-state index is -0.00296. The van der Waals surface area contributed by atoms with Crippen molar-refractivity contribution in [3.8, 4) is 0 Å². The Morgan fingerprint density at radius 1 is 1.67 bits per heavy atom. The maximum Gasteiger partial charge on any atom is 0.224 e. The molecule has 0 aliphatic carbocycles. The third-order valence-corrected chi connectivity index (χ3v) is 2.59. The Kier molecular flexibility index (Phi) is 2.73. The van der Waals surface area contributed by atoms with Crippen LogP contribution in [0.15, 0.2) is 10.7 Å². The van der Waals surface area contributed by atoms with Crippen molar-refractivity contribution >= 4 is 11.6 Å². The molecule has 1 unspecified atom stereocenters. The second-order valence-corrected chi connectivity index (χ2v) is 3.67. The molecule has 1 saturated heterocycles. The van der Waals surface area contributed by atoms with E-state index in [1.54, 1.807) is 24.9 Å². The van der Waals surface area contributed by atoms with Gasteiger partial charge in [-0.15, -0.1) is 0 Å². The Hall–Kier alpha value is -1.36. The molecule has 0 radical (unpaired) electrons. The highest BCUT2D eigenvalue weighted by Crippen LogP contribution is 2.25. The summed E-state index contributed by atoms with van der Waals surface area (Å²) < 4.78 is 10.3. The minimum absolute atomic E-state index is 0.00296. The van der Waals surface area contributed by atoms with E-state index in [0.29, 0.717) is 19.0 Å². The third-order valence-electron chi connectivity index (χ3n) is 2.59. The highest BCUT2D eigenvalue weighted by atomic mass is 16.5. The largest absolute Gasteiger partial charge is 0.379 e. The van der Waals surface area contributed by atoms with E-state index in [1.165, 1.54) is 0 Å². The summed E-state index contributed by atoms with van der Waals surface area (Å²) in [6.45, 7) is 4.64. The lowest BCUT2D eigenvalue weighted by molar-refractivity contribution is -0.117. The van der Waals surface area contributed by atoms with E-state index in [2.05, 4.69) is 5.16 Å². The third kappa shape index (κ3) is 1.87. The SMILES string of the molecule is CC(=O)N(c1cnoc1C)C1CCOC1. The van der Waals surface area contributed by atoms with Gasteiger partial charge in [0, 0.05) is 13.5 Å². The zero-order chi connectivity index (χ0) is 10.8. The number of amides is 1. The Balaban J connectivity index is 2.27. The van der Waals surface area contributed by atoms with Crippen LogP contribution in [0.1, 0.15) is 19.1 Å². The molecule has 1 aliphatic rings. The Bertz CT molecular complexity index is 355. The van der Waals surface area contributed by atoms with Gasteiger partial charge in [0.1, 0.15) is 5.69 Å². The van der Waals surface area contributed by atoms with Crippen LogP contribution in [0.25, 0.3) is 0 Å². The standard InChI is InChI=1S/C10H14N2O3/c1-7-10(5-11-15-7)12(8(2)13)9-3-4-14-6-9/h5,9H,3-4,6H2,1-2H3. The molecule has 15 heavy (non-hydrogen) atoms. The van der Waals surface area contributed by atoms with E-state index >= 15 is 0 Å². The van der Waals surface area contributed by atoms with Gasteiger partial charge in [-0.3, -0.25) is 4.79 Å². The van der Waals surface area contributed by atoms with Crippen LogP contribution in [0.5, 0.6) is 0 Å². The fourth-order valence-corrected chi connectivity index (χ4v) is 1.87. The fraction of sp³-hybridized carbons (Fsp3) is 0.600. The number of nitrogens with zero attached hydrogens (tertiary/aromatic N) is 2. The molecule has 0 N–H and O–H groups in total. The Labute approximate surface area is 88.0 Å². The van der Waals surface area contributed by atoms with Crippen LogP contribution in [0.3, 0.4) is 0 Å². The zero-order valence-electron chi connectivity index (χ0n) is 8.90. The van der Waals surface area contributed by atoms with Crippen LogP contribution in [0.4, 0.5) is 5.69 Å². The molecular formula is C10H14N2O3. The topological polar surface area (TPSA) is 55.6 Å². The maximum atomic E-state index is 11.6. The molecule has 82 valence electrons. The first-order valence-corrected chi connectivity index (χ1v) is 4.99. The molecule has 1 atom stereocenters. The van der Waals surface area contributed by atoms with Gasteiger partial charge in [-0.05, 0) is 13.3 Å². The fourth-order valence-electron chi connectivity index (χ4n) is 1.87. The van der Waals surface area contributed by atoms with Crippen molar-refractivity contribution in [1.82, 2.24) is 5.16 Å². The van der Waals surface area contributed by atoms with Crippen LogP contribution in [-0.2, 0) is 9.53 Å². The second-order valence-electron chi connectivity index (χ2n) is 3.67. The summed E-state index contributed by atoms with van der Waals surface area (Å²) in [5.41, 5.74) is 0.748. The van der Waals surface area contributed by atoms with Crippen LogP contribution in [-0.4, -0.2) is 30.3 Å². The summed E-state index contributed by atoms with van der Waals surface area (Å²) in [5, 5.41) is 3.69. The molecule has 1 aromatic rings. The van der Waals surface area contributed by atoms with Crippen LogP contribution < -0.4 is 4.90 Å². The molecule has 1 aromatic heterocycles. The quantitative estimate of drug-likeness (QED) is 0.734. The van der Waals surface area contributed by atoms with Gasteiger partial charge in [0.15, 0.2) is 5.76 Å². The number of hydrogen-bond acceptors (Lipinski definition) is 4. The lowest BCUT2D eigenvalue weighted by Gasteiger charge is -2.25. The first-order valence-electron chi connectivity index (χ1n) is 4.99. The first kappa shape index (κ1) is 10.2. The van der Waals surface area contributed by atoms with Crippen molar-refractivity contribution in [2.45, 2.75) is 26.3 Å². The summed E-state index contributed by atoms with van der Waals surface area (Å²) in [6, 6.07) is 0.112.